The van der Waals surface area contributed by atoms with Gasteiger partial charge in [-0.25, -0.2) is 4.39 Å². The Morgan fingerprint density at radius 2 is 1.34 bits per heavy atom. The molecule has 0 spiro atoms. The number of nitrogens with one attached hydrogen (secondary N) is 1. The second-order valence-corrected chi connectivity index (χ2v) is 8.38. The fourth-order valence-electron chi connectivity index (χ4n) is 4.39. The maximum absolute atomic E-state index is 13.1. The second-order valence-electron chi connectivity index (χ2n) is 8.38. The van der Waals surface area contributed by atoms with Gasteiger partial charge in [-0.3, -0.25) is 14.6 Å². The molecular formula is C27H30FN3O. The van der Waals surface area contributed by atoms with Crippen molar-refractivity contribution in [1.29, 1.82) is 0 Å². The lowest BCUT2D eigenvalue weighted by Crippen LogP contribution is -2.50. The molecule has 0 aliphatic carbocycles. The third-order valence-corrected chi connectivity index (χ3v) is 6.12. The maximum Gasteiger partial charge on any atom is 0.234 e. The van der Waals surface area contributed by atoms with Gasteiger partial charge in [0.25, 0.3) is 0 Å². The zero-order chi connectivity index (χ0) is 22.3. The van der Waals surface area contributed by atoms with Crippen LogP contribution in [0.3, 0.4) is 0 Å². The highest BCUT2D eigenvalue weighted by atomic mass is 19.1. The fourth-order valence-corrected chi connectivity index (χ4v) is 4.39. The number of benzene rings is 3. The summed E-state index contributed by atoms with van der Waals surface area (Å²) in [5.41, 5.74) is 3.48. The highest BCUT2D eigenvalue weighted by Crippen LogP contribution is 2.29. The molecule has 1 heterocycles. The van der Waals surface area contributed by atoms with Crippen LogP contribution in [0, 0.1) is 5.82 Å². The summed E-state index contributed by atoms with van der Waals surface area (Å²) < 4.78 is 13.1. The van der Waals surface area contributed by atoms with Gasteiger partial charge in [-0.1, -0.05) is 72.8 Å². The number of hydrogen-bond acceptors (Lipinski definition) is 3. The lowest BCUT2D eigenvalue weighted by Gasteiger charge is -2.39. The molecule has 3 aromatic carbocycles. The van der Waals surface area contributed by atoms with E-state index in [1.807, 2.05) is 6.92 Å². The molecule has 0 saturated carbocycles. The van der Waals surface area contributed by atoms with Crippen LogP contribution in [0.5, 0.6) is 0 Å². The molecule has 4 rings (SSSR count). The van der Waals surface area contributed by atoms with Crippen LogP contribution in [0.4, 0.5) is 4.39 Å². The molecule has 1 N–H and O–H groups in total. The van der Waals surface area contributed by atoms with E-state index >= 15 is 0 Å². The molecule has 0 aromatic heterocycles. The summed E-state index contributed by atoms with van der Waals surface area (Å²) in [6.07, 6.45) is 0. The van der Waals surface area contributed by atoms with Crippen LogP contribution < -0.4 is 5.32 Å². The Kier molecular flexibility index (Phi) is 7.30. The van der Waals surface area contributed by atoms with E-state index in [0.717, 1.165) is 31.7 Å². The van der Waals surface area contributed by atoms with E-state index < -0.39 is 0 Å². The van der Waals surface area contributed by atoms with Gasteiger partial charge in [-0.2, -0.15) is 0 Å². The van der Waals surface area contributed by atoms with Gasteiger partial charge in [0.15, 0.2) is 0 Å². The van der Waals surface area contributed by atoms with Gasteiger partial charge in [-0.15, -0.1) is 0 Å². The SMILES string of the molecule is CC(NC(=O)CN1CCN(C(c2ccccc2)c2ccccc2)CC1)c1ccc(F)cc1. The Morgan fingerprint density at radius 1 is 0.812 bits per heavy atom. The first-order chi connectivity index (χ1) is 15.6. The number of piperazine rings is 1. The van der Waals surface area contributed by atoms with Gasteiger partial charge in [0.1, 0.15) is 5.82 Å². The normalized spacial score (nSPS) is 16.1. The van der Waals surface area contributed by atoms with Crippen LogP contribution in [0.25, 0.3) is 0 Å². The minimum atomic E-state index is -0.269. The Balaban J connectivity index is 1.34. The van der Waals surface area contributed by atoms with Crippen LogP contribution in [-0.4, -0.2) is 48.4 Å². The Bertz CT molecular complexity index is 947. The molecule has 1 fully saturated rings. The van der Waals surface area contributed by atoms with E-state index in [9.17, 15) is 9.18 Å². The largest absolute Gasteiger partial charge is 0.348 e. The Morgan fingerprint density at radius 3 is 1.88 bits per heavy atom. The minimum Gasteiger partial charge on any atom is -0.348 e. The van der Waals surface area contributed by atoms with Crippen molar-refractivity contribution >= 4 is 5.91 Å². The molecule has 1 aliphatic rings. The predicted octanol–water partition coefficient (Wildman–Crippen LogP) is 4.41. The molecule has 166 valence electrons. The maximum atomic E-state index is 13.1. The van der Waals surface area contributed by atoms with Gasteiger partial charge in [0, 0.05) is 26.2 Å². The van der Waals surface area contributed by atoms with Crippen molar-refractivity contribution in [2.75, 3.05) is 32.7 Å². The molecule has 1 amide bonds. The zero-order valence-corrected chi connectivity index (χ0v) is 18.5. The number of rotatable bonds is 7. The molecule has 1 aliphatic heterocycles. The van der Waals surface area contributed by atoms with Crippen LogP contribution in [0.1, 0.15) is 35.7 Å². The van der Waals surface area contributed by atoms with Gasteiger partial charge in [-0.05, 0) is 35.7 Å². The Hall–Kier alpha value is -3.02. The first-order valence-corrected chi connectivity index (χ1v) is 11.2. The van der Waals surface area contributed by atoms with Crippen LogP contribution in [0.2, 0.25) is 0 Å². The van der Waals surface area contributed by atoms with Crippen molar-refractivity contribution < 1.29 is 9.18 Å². The molecule has 1 atom stereocenters. The highest BCUT2D eigenvalue weighted by molar-refractivity contribution is 5.78. The summed E-state index contributed by atoms with van der Waals surface area (Å²) in [5, 5.41) is 3.03. The standard InChI is InChI=1S/C27H30FN3O/c1-21(22-12-14-25(28)15-13-22)29-26(32)20-30-16-18-31(19-17-30)27(23-8-4-2-5-9-23)24-10-6-3-7-11-24/h2-15,21,27H,16-20H2,1H3,(H,29,32). The predicted molar refractivity (Wildman–Crippen MR) is 126 cm³/mol. The van der Waals surface area contributed by atoms with E-state index in [2.05, 4.69) is 75.8 Å². The lowest BCUT2D eigenvalue weighted by molar-refractivity contribution is -0.123. The van der Waals surface area contributed by atoms with Crippen LogP contribution in [-0.2, 0) is 4.79 Å². The molecule has 0 radical (unpaired) electrons. The van der Waals surface area contributed by atoms with Crippen molar-refractivity contribution in [3.05, 3.63) is 107 Å². The molecule has 4 nitrogen and oxygen atoms in total. The second kappa shape index (κ2) is 10.5. The summed E-state index contributed by atoms with van der Waals surface area (Å²) >= 11 is 0. The zero-order valence-electron chi connectivity index (χ0n) is 18.5. The first-order valence-electron chi connectivity index (χ1n) is 11.2. The smallest absolute Gasteiger partial charge is 0.234 e. The Labute approximate surface area is 189 Å². The van der Waals surface area contributed by atoms with Crippen molar-refractivity contribution in [3.8, 4) is 0 Å². The van der Waals surface area contributed by atoms with Crippen LogP contribution >= 0.6 is 0 Å². The minimum absolute atomic E-state index is 0.00190. The van der Waals surface area contributed by atoms with Crippen LogP contribution in [0.15, 0.2) is 84.9 Å². The lowest BCUT2D eigenvalue weighted by atomic mass is 9.96. The number of carbonyl (C=O) groups excluding carboxylic acids is 1. The van der Waals surface area contributed by atoms with Crippen molar-refractivity contribution in [1.82, 2.24) is 15.1 Å². The van der Waals surface area contributed by atoms with E-state index in [-0.39, 0.29) is 23.8 Å². The molecule has 1 unspecified atom stereocenters. The third kappa shape index (κ3) is 5.61. The van der Waals surface area contributed by atoms with Crippen molar-refractivity contribution in [3.63, 3.8) is 0 Å². The average molecular weight is 432 g/mol. The summed E-state index contributed by atoms with van der Waals surface area (Å²) in [6.45, 7) is 5.78. The molecule has 3 aromatic rings. The number of amides is 1. The van der Waals surface area contributed by atoms with Gasteiger partial charge >= 0.3 is 0 Å². The highest BCUT2D eigenvalue weighted by Gasteiger charge is 2.27. The number of halogens is 1. The third-order valence-electron chi connectivity index (χ3n) is 6.12. The number of nitrogens with zero attached hydrogens (tertiary/aromatic N) is 2. The molecule has 5 heteroatoms. The molecular weight excluding hydrogens is 401 g/mol. The van der Waals surface area contributed by atoms with E-state index in [4.69, 9.17) is 0 Å². The number of hydrogen-bond donors (Lipinski definition) is 1. The van der Waals surface area contributed by atoms with E-state index in [1.165, 1.54) is 23.3 Å². The summed E-state index contributed by atoms with van der Waals surface area (Å²) in [5.74, 6) is -0.271. The fraction of sp³-hybridized carbons (Fsp3) is 0.296. The monoisotopic (exact) mass is 431 g/mol. The first kappa shape index (κ1) is 22.2. The van der Waals surface area contributed by atoms with E-state index in [1.54, 1.807) is 12.1 Å². The molecule has 1 saturated heterocycles. The van der Waals surface area contributed by atoms with Crippen molar-refractivity contribution in [2.45, 2.75) is 19.0 Å². The van der Waals surface area contributed by atoms with E-state index in [0.29, 0.717) is 6.54 Å². The summed E-state index contributed by atoms with van der Waals surface area (Å²) in [4.78, 5) is 17.3. The van der Waals surface area contributed by atoms with Crippen molar-refractivity contribution in [2.24, 2.45) is 0 Å². The molecule has 0 bridgehead atoms. The summed E-state index contributed by atoms with van der Waals surface area (Å²) in [6, 6.07) is 27.6. The summed E-state index contributed by atoms with van der Waals surface area (Å²) in [7, 11) is 0. The van der Waals surface area contributed by atoms with Gasteiger partial charge in [0.2, 0.25) is 5.91 Å². The molecule has 32 heavy (non-hydrogen) atoms. The topological polar surface area (TPSA) is 35.6 Å². The van der Waals surface area contributed by atoms with Gasteiger partial charge in [0.05, 0.1) is 18.6 Å². The van der Waals surface area contributed by atoms with Gasteiger partial charge < -0.3 is 5.32 Å². The average Bonchev–Trinajstić information content (AvgIpc) is 2.82. The quantitative estimate of drug-likeness (QED) is 0.602. The number of carbonyl (C=O) groups is 1.